The first-order valence-corrected chi connectivity index (χ1v) is 9.77. The highest BCUT2D eigenvalue weighted by Gasteiger charge is 2.26. The Morgan fingerprint density at radius 2 is 1.20 bits per heavy atom. The van der Waals surface area contributed by atoms with Crippen LogP contribution in [-0.2, 0) is 6.54 Å². The van der Waals surface area contributed by atoms with Crippen LogP contribution in [0, 0.1) is 0 Å². The van der Waals surface area contributed by atoms with E-state index in [1.807, 2.05) is 6.20 Å². The molecule has 0 saturated heterocycles. The Morgan fingerprint density at radius 1 is 0.680 bits per heavy atom. The van der Waals surface area contributed by atoms with Crippen molar-refractivity contribution in [1.29, 1.82) is 0 Å². The van der Waals surface area contributed by atoms with Gasteiger partial charge in [-0.3, -0.25) is 0 Å². The summed E-state index contributed by atoms with van der Waals surface area (Å²) in [6.45, 7) is 0.873. The highest BCUT2D eigenvalue weighted by Crippen LogP contribution is 2.30. The van der Waals surface area contributed by atoms with E-state index in [1.54, 1.807) is 0 Å². The minimum atomic E-state index is -0.619. The Morgan fingerprint density at radius 3 is 1.76 bits per heavy atom. The molecule has 0 saturated carbocycles. The molecule has 3 heteroatoms. The van der Waals surface area contributed by atoms with Gasteiger partial charge in [-0.15, -0.1) is 0 Å². The standard InChI is InChI=1S/C22H19N2P/c1-4-10-19(11-5-1)18-24-17-16-23-22(24)25(20-12-6-2-7-13-20)21-14-8-3-9-15-21/h1-17H,18H2/p+1. The fourth-order valence-electron chi connectivity index (χ4n) is 3.00. The van der Waals surface area contributed by atoms with E-state index in [0.717, 1.165) is 6.54 Å². The van der Waals surface area contributed by atoms with Crippen LogP contribution in [0.15, 0.2) is 103 Å². The maximum Gasteiger partial charge on any atom is 0.283 e. The van der Waals surface area contributed by atoms with Gasteiger partial charge in [-0.25, -0.2) is 9.55 Å². The molecule has 0 bridgehead atoms. The summed E-state index contributed by atoms with van der Waals surface area (Å²) < 4.78 is 2.33. The minimum absolute atomic E-state index is 0.619. The molecule has 0 unspecified atom stereocenters. The first kappa shape index (κ1) is 15.8. The zero-order valence-corrected chi connectivity index (χ0v) is 14.8. The van der Waals surface area contributed by atoms with Crippen molar-refractivity contribution in [2.24, 2.45) is 0 Å². The molecule has 4 rings (SSSR count). The Balaban J connectivity index is 1.78. The SMILES string of the molecule is c1ccc(C[n+]2cc[nH]c2P(c2ccccc2)c2ccccc2)cc1. The van der Waals surface area contributed by atoms with E-state index in [4.69, 9.17) is 0 Å². The Kier molecular flexibility index (Phi) is 4.72. The van der Waals surface area contributed by atoms with E-state index in [0.29, 0.717) is 0 Å². The molecule has 0 aliphatic carbocycles. The van der Waals surface area contributed by atoms with Crippen molar-refractivity contribution in [2.45, 2.75) is 6.54 Å². The maximum absolute atomic E-state index is 3.51. The van der Waals surface area contributed by atoms with E-state index in [9.17, 15) is 0 Å². The van der Waals surface area contributed by atoms with Gasteiger partial charge in [0.15, 0.2) is 0 Å². The highest BCUT2D eigenvalue weighted by molar-refractivity contribution is 7.79. The molecule has 0 spiro atoms. The lowest BCUT2D eigenvalue weighted by atomic mass is 10.2. The summed E-state index contributed by atoms with van der Waals surface area (Å²) in [5.41, 5.74) is 2.57. The van der Waals surface area contributed by atoms with Crippen LogP contribution in [0.1, 0.15) is 5.56 Å². The van der Waals surface area contributed by atoms with Crippen LogP contribution < -0.4 is 20.7 Å². The molecule has 0 aliphatic heterocycles. The molecule has 25 heavy (non-hydrogen) atoms. The zero-order chi connectivity index (χ0) is 16.9. The molecule has 4 aromatic rings. The average Bonchev–Trinajstić information content (AvgIpc) is 3.12. The predicted octanol–water partition coefficient (Wildman–Crippen LogP) is 3.11. The van der Waals surface area contributed by atoms with Gasteiger partial charge in [-0.2, -0.15) is 0 Å². The molecule has 2 nitrogen and oxygen atoms in total. The number of nitrogens with zero attached hydrogens (tertiary/aromatic N) is 1. The van der Waals surface area contributed by atoms with Crippen molar-refractivity contribution >= 4 is 24.1 Å². The average molecular weight is 343 g/mol. The van der Waals surface area contributed by atoms with E-state index < -0.39 is 7.92 Å². The van der Waals surface area contributed by atoms with Crippen molar-refractivity contribution in [3.05, 3.63) is 109 Å². The minimum Gasteiger partial charge on any atom is -0.243 e. The lowest BCUT2D eigenvalue weighted by Gasteiger charge is -2.15. The molecule has 0 aliphatic rings. The normalized spacial score (nSPS) is 10.9. The molecule has 0 atom stereocenters. The molecule has 0 fully saturated rings. The number of hydrogen-bond acceptors (Lipinski definition) is 0. The van der Waals surface area contributed by atoms with Gasteiger partial charge in [-0.05, 0) is 16.2 Å². The van der Waals surface area contributed by atoms with Crippen LogP contribution in [0.25, 0.3) is 0 Å². The molecule has 0 radical (unpaired) electrons. The molecular weight excluding hydrogens is 323 g/mol. The van der Waals surface area contributed by atoms with Gasteiger partial charge >= 0.3 is 0 Å². The first-order chi connectivity index (χ1) is 12.4. The third kappa shape index (κ3) is 3.55. The number of nitrogens with one attached hydrogen (secondary N) is 1. The summed E-state index contributed by atoms with van der Waals surface area (Å²) in [5.74, 6) is 0. The largest absolute Gasteiger partial charge is 0.283 e. The third-order valence-corrected chi connectivity index (χ3v) is 6.61. The number of imidazole rings is 1. The van der Waals surface area contributed by atoms with Gasteiger partial charge in [-0.1, -0.05) is 91.0 Å². The number of rotatable bonds is 5. The summed E-state index contributed by atoms with van der Waals surface area (Å²) in [5, 5.41) is 2.71. The van der Waals surface area contributed by atoms with Crippen LogP contribution in [0.2, 0.25) is 0 Å². The highest BCUT2D eigenvalue weighted by atomic mass is 31.1. The van der Waals surface area contributed by atoms with Crippen molar-refractivity contribution in [2.75, 3.05) is 0 Å². The molecule has 0 amide bonds. The molecule has 3 aromatic carbocycles. The molecule has 1 N–H and O–H groups in total. The fraction of sp³-hybridized carbons (Fsp3) is 0.0455. The molecule has 1 heterocycles. The second kappa shape index (κ2) is 7.46. The van der Waals surface area contributed by atoms with Gasteiger partial charge in [0.25, 0.3) is 5.57 Å². The molecular formula is C22H20N2P+. The van der Waals surface area contributed by atoms with Gasteiger partial charge < -0.3 is 0 Å². The van der Waals surface area contributed by atoms with Crippen LogP contribution in [0.5, 0.6) is 0 Å². The summed E-state index contributed by atoms with van der Waals surface area (Å²) in [4.78, 5) is 3.51. The topological polar surface area (TPSA) is 19.7 Å². The smallest absolute Gasteiger partial charge is 0.243 e. The molecule has 122 valence electrons. The lowest BCUT2D eigenvalue weighted by Crippen LogP contribution is -2.49. The number of aromatic amines is 1. The maximum atomic E-state index is 3.51. The molecule has 1 aromatic heterocycles. The summed E-state index contributed by atoms with van der Waals surface area (Å²) in [7, 11) is -0.619. The van der Waals surface area contributed by atoms with Crippen molar-refractivity contribution in [3.8, 4) is 0 Å². The van der Waals surface area contributed by atoms with Crippen molar-refractivity contribution < 1.29 is 4.57 Å². The third-order valence-electron chi connectivity index (χ3n) is 4.18. The van der Waals surface area contributed by atoms with E-state index in [1.165, 1.54) is 21.7 Å². The Hall–Kier alpha value is -2.70. The second-order valence-corrected chi connectivity index (χ2v) is 8.03. The lowest BCUT2D eigenvalue weighted by molar-refractivity contribution is -0.669. The van der Waals surface area contributed by atoms with Gasteiger partial charge in [0.05, 0.1) is 7.92 Å². The van der Waals surface area contributed by atoms with Crippen LogP contribution in [0.3, 0.4) is 0 Å². The fourth-order valence-corrected chi connectivity index (χ4v) is 5.33. The summed E-state index contributed by atoms with van der Waals surface area (Å²) in [6, 6.07) is 32.2. The van der Waals surface area contributed by atoms with Crippen LogP contribution in [-0.4, -0.2) is 4.98 Å². The number of hydrogen-bond donors (Lipinski definition) is 1. The quantitative estimate of drug-likeness (QED) is 0.424. The van der Waals surface area contributed by atoms with E-state index in [2.05, 4.69) is 107 Å². The number of H-pyrrole nitrogens is 1. The van der Waals surface area contributed by atoms with Crippen LogP contribution >= 0.6 is 7.92 Å². The summed E-state index contributed by atoms with van der Waals surface area (Å²) >= 11 is 0. The monoisotopic (exact) mass is 343 g/mol. The number of benzene rings is 3. The van der Waals surface area contributed by atoms with Crippen LogP contribution in [0.4, 0.5) is 0 Å². The van der Waals surface area contributed by atoms with Gasteiger partial charge in [0, 0.05) is 0 Å². The first-order valence-electron chi connectivity index (χ1n) is 8.43. The van der Waals surface area contributed by atoms with Gasteiger partial charge in [0.1, 0.15) is 18.9 Å². The Bertz CT molecular complexity index is 878. The summed E-state index contributed by atoms with van der Waals surface area (Å²) in [6.07, 6.45) is 4.18. The van der Waals surface area contributed by atoms with Crippen molar-refractivity contribution in [3.63, 3.8) is 0 Å². The predicted molar refractivity (Wildman–Crippen MR) is 105 cm³/mol. The Labute approximate surface area is 149 Å². The van der Waals surface area contributed by atoms with E-state index in [-0.39, 0.29) is 0 Å². The van der Waals surface area contributed by atoms with Gasteiger partial charge in [0.2, 0.25) is 0 Å². The number of aromatic nitrogens is 2. The zero-order valence-electron chi connectivity index (χ0n) is 13.9. The van der Waals surface area contributed by atoms with Crippen molar-refractivity contribution in [1.82, 2.24) is 4.98 Å². The second-order valence-electron chi connectivity index (χ2n) is 5.90. The van der Waals surface area contributed by atoms with E-state index >= 15 is 0 Å².